The Balaban J connectivity index is 0. The van der Waals surface area contributed by atoms with Crippen LogP contribution in [0.25, 0.3) is 0 Å². The Hall–Kier alpha value is 1.88. The molecule has 4 heteroatoms. The molecule has 0 aromatic carbocycles. The minimum atomic E-state index is 0. The van der Waals surface area contributed by atoms with Crippen LogP contribution in [0, 0.1) is 0 Å². The molecular weight excluding hydrogens is 162 g/mol. The van der Waals surface area contributed by atoms with Crippen molar-refractivity contribution >= 4 is 20.9 Å². The molecule has 4 heavy (non-hydrogen) atoms. The fourth-order valence-electron chi connectivity index (χ4n) is 0. The van der Waals surface area contributed by atoms with Crippen LogP contribution in [0.3, 0.4) is 0 Å². The summed E-state index contributed by atoms with van der Waals surface area (Å²) in [6.45, 7) is 0. The van der Waals surface area contributed by atoms with Crippen molar-refractivity contribution in [1.29, 1.82) is 0 Å². The summed E-state index contributed by atoms with van der Waals surface area (Å²) in [5.41, 5.74) is 0. The van der Waals surface area contributed by atoms with Gasteiger partial charge in [0.05, 0.1) is 0 Å². The summed E-state index contributed by atoms with van der Waals surface area (Å²) < 4.78 is 0. The van der Waals surface area contributed by atoms with E-state index in [0.717, 1.165) is 0 Å². The summed E-state index contributed by atoms with van der Waals surface area (Å²) in [7, 11) is 0. The summed E-state index contributed by atoms with van der Waals surface area (Å²) in [6, 6.07) is 0. The van der Waals surface area contributed by atoms with Gasteiger partial charge >= 0.3 is 0 Å². The van der Waals surface area contributed by atoms with Crippen LogP contribution in [-0.4, -0.2) is 11.0 Å². The molecule has 0 rings (SSSR count). The molecule has 0 amide bonds. The van der Waals surface area contributed by atoms with Crippen LogP contribution in [0.5, 0.6) is 0 Å². The monoisotopic (exact) mass is 169 g/mol. The topological polar surface area (TPSA) is 0 Å². The smallest absolute Gasteiger partial charge is 0 e. The van der Waals surface area contributed by atoms with E-state index >= 15 is 0 Å². The summed E-state index contributed by atoms with van der Waals surface area (Å²) in [4.78, 5) is 0. The Morgan fingerprint density at radius 2 is 1.00 bits per heavy atom. The Labute approximate surface area is 59.5 Å². The predicted octanol–water partition coefficient (Wildman–Crippen LogP) is -1.40. The molecule has 0 aliphatic carbocycles. The maximum Gasteiger partial charge on any atom is 0 e. The molecule has 0 heterocycles. The maximum atomic E-state index is 0. The molecule has 0 spiro atoms. The van der Waals surface area contributed by atoms with Crippen molar-refractivity contribution in [2.24, 2.45) is 0 Å². The average Bonchev–Trinajstić information content (AvgIpc) is 0. The third-order valence-corrected chi connectivity index (χ3v) is 0. The zero-order valence-corrected chi connectivity index (χ0v) is 5.74. The van der Waals surface area contributed by atoms with Crippen molar-refractivity contribution < 1.29 is 38.8 Å². The second-order valence-electron chi connectivity index (χ2n) is 0. The second kappa shape index (κ2) is 20.8. The second-order valence-corrected chi connectivity index (χ2v) is 0. The standard InChI is InChI=1S/Mn.H3P.H4Si.Ti/h;1H3;1H4;. The van der Waals surface area contributed by atoms with Crippen molar-refractivity contribution in [3.8, 4) is 0 Å². The molecule has 0 bridgehead atoms. The van der Waals surface area contributed by atoms with Crippen molar-refractivity contribution in [1.82, 2.24) is 0 Å². The Kier molecular flexibility index (Phi) is 206. The first-order valence-electron chi connectivity index (χ1n) is 0. The van der Waals surface area contributed by atoms with E-state index < -0.39 is 0 Å². The van der Waals surface area contributed by atoms with Crippen LogP contribution in [-0.2, 0) is 38.8 Å². The molecule has 1 atom stereocenters. The molecular formula is H7MnPSiTi. The molecule has 0 nitrogen and oxygen atoms in total. The minimum absolute atomic E-state index is 0. The maximum absolute atomic E-state index is 0. The van der Waals surface area contributed by atoms with Gasteiger partial charge in [0.2, 0.25) is 0 Å². The van der Waals surface area contributed by atoms with E-state index in [9.17, 15) is 0 Å². The van der Waals surface area contributed by atoms with Crippen molar-refractivity contribution in [2.45, 2.75) is 0 Å². The van der Waals surface area contributed by atoms with Gasteiger partial charge in [0.1, 0.15) is 0 Å². The van der Waals surface area contributed by atoms with E-state index in [2.05, 4.69) is 0 Å². The molecule has 0 fully saturated rings. The van der Waals surface area contributed by atoms with Crippen molar-refractivity contribution in [3.05, 3.63) is 0 Å². The molecule has 0 saturated heterocycles. The van der Waals surface area contributed by atoms with Crippen LogP contribution < -0.4 is 0 Å². The van der Waals surface area contributed by atoms with Crippen LogP contribution >= 0.6 is 9.90 Å². The molecule has 0 saturated carbocycles. The number of rotatable bonds is 0. The predicted molar refractivity (Wildman–Crippen MR) is 22.4 cm³/mol. The third kappa shape index (κ3) is 9.10. The fraction of sp³-hybridized carbons (Fsp3) is 0. The van der Waals surface area contributed by atoms with E-state index in [4.69, 9.17) is 0 Å². The molecule has 1 unspecified atom stereocenters. The minimum Gasteiger partial charge on any atom is -0.153 e. The van der Waals surface area contributed by atoms with Gasteiger partial charge in [0, 0.05) is 38.8 Å². The van der Waals surface area contributed by atoms with E-state index in [0.29, 0.717) is 0 Å². The van der Waals surface area contributed by atoms with Gasteiger partial charge in [-0.3, -0.25) is 0 Å². The largest absolute Gasteiger partial charge is 0.153 e. The first-order valence-corrected chi connectivity index (χ1v) is 0. The molecule has 0 aromatic heterocycles. The first kappa shape index (κ1) is 39.6. The third-order valence-electron chi connectivity index (χ3n) is 0. The molecule has 27 valence electrons. The van der Waals surface area contributed by atoms with Crippen LogP contribution in [0.1, 0.15) is 0 Å². The Bertz CT molecular complexity index is 8.00. The van der Waals surface area contributed by atoms with Crippen LogP contribution in [0.2, 0.25) is 0 Å². The first-order chi connectivity index (χ1) is 0. The molecule has 0 aliphatic rings. The van der Waals surface area contributed by atoms with Gasteiger partial charge in [-0.1, -0.05) is 0 Å². The Morgan fingerprint density at radius 3 is 1.00 bits per heavy atom. The van der Waals surface area contributed by atoms with E-state index in [1.165, 1.54) is 0 Å². The summed E-state index contributed by atoms with van der Waals surface area (Å²) in [5, 5.41) is 0. The van der Waals surface area contributed by atoms with E-state index in [1.54, 1.807) is 0 Å². The molecule has 0 aromatic rings. The van der Waals surface area contributed by atoms with Crippen molar-refractivity contribution in [3.63, 3.8) is 0 Å². The van der Waals surface area contributed by atoms with Crippen molar-refractivity contribution in [2.75, 3.05) is 0 Å². The SMILES string of the molecule is P.[Mn].[SiH4].[Ti]. The fourth-order valence-corrected chi connectivity index (χ4v) is 0. The molecule has 1 radical (unpaired) electrons. The molecule has 0 N–H and O–H groups in total. The number of hydrogen-bond acceptors (Lipinski definition) is 0. The Morgan fingerprint density at radius 1 is 1.00 bits per heavy atom. The van der Waals surface area contributed by atoms with Crippen LogP contribution in [0.4, 0.5) is 0 Å². The van der Waals surface area contributed by atoms with Crippen LogP contribution in [0.15, 0.2) is 0 Å². The summed E-state index contributed by atoms with van der Waals surface area (Å²) in [6.07, 6.45) is 0. The van der Waals surface area contributed by atoms with Gasteiger partial charge in [-0.25, -0.2) is 0 Å². The normalized spacial score (nSPS) is 0. The quantitative estimate of drug-likeness (QED) is 0.309. The zero-order chi connectivity index (χ0) is 0. The summed E-state index contributed by atoms with van der Waals surface area (Å²) in [5.74, 6) is 0. The zero-order valence-electron chi connectivity index (χ0n) is 1.59. The average molecular weight is 169 g/mol. The van der Waals surface area contributed by atoms with Gasteiger partial charge in [0.15, 0.2) is 0 Å². The molecule has 0 aliphatic heterocycles. The van der Waals surface area contributed by atoms with Gasteiger partial charge in [-0.05, 0) is 11.0 Å². The van der Waals surface area contributed by atoms with Gasteiger partial charge in [-0.2, -0.15) is 9.90 Å². The van der Waals surface area contributed by atoms with Gasteiger partial charge < -0.3 is 0 Å². The number of hydrogen-bond donors (Lipinski definition) is 0. The van der Waals surface area contributed by atoms with Gasteiger partial charge in [-0.15, -0.1) is 0 Å². The van der Waals surface area contributed by atoms with E-state index in [1.807, 2.05) is 0 Å². The van der Waals surface area contributed by atoms with Gasteiger partial charge in [0.25, 0.3) is 0 Å². The summed E-state index contributed by atoms with van der Waals surface area (Å²) >= 11 is 0. The van der Waals surface area contributed by atoms with E-state index in [-0.39, 0.29) is 59.7 Å².